The normalized spacial score (nSPS) is 25.6. The van der Waals surface area contributed by atoms with Crippen molar-refractivity contribution in [2.75, 3.05) is 13.7 Å². The minimum absolute atomic E-state index is 0.0546. The fourth-order valence-electron chi connectivity index (χ4n) is 3.44. The summed E-state index contributed by atoms with van der Waals surface area (Å²) in [5, 5.41) is 19.6. The van der Waals surface area contributed by atoms with E-state index in [4.69, 9.17) is 14.6 Å². The standard InChI is InChI=1S/C19H26O6/c1-24-17(21)15-11-19(23,9-5-6-10-20)12-16(15)18(22)25-13-14-7-3-2-4-8-14/h2-4,7-8,15-16,20,23H,5-6,9-13H2,1H3/t15-,16+,19?/m0/s1. The van der Waals surface area contributed by atoms with Crippen LogP contribution >= 0.6 is 0 Å². The summed E-state index contributed by atoms with van der Waals surface area (Å²) in [6.45, 7) is 0.187. The van der Waals surface area contributed by atoms with E-state index in [9.17, 15) is 14.7 Å². The lowest BCUT2D eigenvalue weighted by molar-refractivity contribution is -0.158. The van der Waals surface area contributed by atoms with Crippen LogP contribution in [0.2, 0.25) is 0 Å². The summed E-state index contributed by atoms with van der Waals surface area (Å²) < 4.78 is 10.2. The molecule has 1 saturated carbocycles. The average Bonchev–Trinajstić information content (AvgIpc) is 2.98. The second kappa shape index (κ2) is 8.97. The first-order chi connectivity index (χ1) is 12.0. The fraction of sp³-hybridized carbons (Fsp3) is 0.579. The molecule has 1 fully saturated rings. The number of aliphatic hydroxyl groups excluding tert-OH is 1. The molecule has 0 bridgehead atoms. The smallest absolute Gasteiger partial charge is 0.310 e. The summed E-state index contributed by atoms with van der Waals surface area (Å²) in [5.74, 6) is -2.40. The molecule has 1 aromatic carbocycles. The molecule has 1 aliphatic carbocycles. The Bertz CT molecular complexity index is 573. The monoisotopic (exact) mass is 350 g/mol. The van der Waals surface area contributed by atoms with E-state index in [0.29, 0.717) is 19.3 Å². The number of hydrogen-bond acceptors (Lipinski definition) is 6. The second-order valence-corrected chi connectivity index (χ2v) is 6.64. The Morgan fingerprint density at radius 2 is 1.76 bits per heavy atom. The molecule has 25 heavy (non-hydrogen) atoms. The Balaban J connectivity index is 2.01. The minimum atomic E-state index is -1.11. The molecular formula is C19H26O6. The van der Waals surface area contributed by atoms with Gasteiger partial charge < -0.3 is 19.7 Å². The predicted molar refractivity (Wildman–Crippen MR) is 90.4 cm³/mol. The van der Waals surface area contributed by atoms with Crippen molar-refractivity contribution in [3.8, 4) is 0 Å². The topological polar surface area (TPSA) is 93.1 Å². The zero-order valence-corrected chi connectivity index (χ0v) is 14.5. The number of methoxy groups -OCH3 is 1. The molecule has 2 N–H and O–H groups in total. The zero-order chi connectivity index (χ0) is 18.3. The lowest BCUT2D eigenvalue weighted by Gasteiger charge is -2.22. The number of rotatable bonds is 8. The molecular weight excluding hydrogens is 324 g/mol. The third kappa shape index (κ3) is 5.28. The molecule has 1 aromatic rings. The van der Waals surface area contributed by atoms with E-state index in [2.05, 4.69) is 0 Å². The highest BCUT2D eigenvalue weighted by Crippen LogP contribution is 2.43. The first-order valence-corrected chi connectivity index (χ1v) is 8.61. The molecule has 6 heteroatoms. The van der Waals surface area contributed by atoms with Gasteiger partial charge in [-0.1, -0.05) is 30.3 Å². The maximum atomic E-state index is 12.5. The van der Waals surface area contributed by atoms with Crippen LogP contribution in [0.5, 0.6) is 0 Å². The van der Waals surface area contributed by atoms with Crippen LogP contribution in [0.1, 0.15) is 37.7 Å². The Kier molecular flexibility index (Phi) is 6.96. The van der Waals surface area contributed by atoms with Crippen LogP contribution in [-0.4, -0.2) is 41.5 Å². The van der Waals surface area contributed by atoms with Crippen molar-refractivity contribution in [1.29, 1.82) is 0 Å². The van der Waals surface area contributed by atoms with Gasteiger partial charge >= 0.3 is 11.9 Å². The Hall–Kier alpha value is -1.92. The molecule has 0 radical (unpaired) electrons. The second-order valence-electron chi connectivity index (χ2n) is 6.64. The van der Waals surface area contributed by atoms with E-state index in [1.807, 2.05) is 30.3 Å². The van der Waals surface area contributed by atoms with Crippen molar-refractivity contribution in [2.24, 2.45) is 11.8 Å². The Morgan fingerprint density at radius 1 is 1.12 bits per heavy atom. The number of carbonyl (C=O) groups excluding carboxylic acids is 2. The first-order valence-electron chi connectivity index (χ1n) is 8.61. The van der Waals surface area contributed by atoms with E-state index in [-0.39, 0.29) is 26.1 Å². The number of unbranched alkanes of at least 4 members (excludes halogenated alkanes) is 1. The Morgan fingerprint density at radius 3 is 2.36 bits per heavy atom. The molecule has 138 valence electrons. The highest BCUT2D eigenvalue weighted by atomic mass is 16.5. The van der Waals surface area contributed by atoms with Gasteiger partial charge in [0.05, 0.1) is 24.5 Å². The van der Waals surface area contributed by atoms with Gasteiger partial charge in [0.15, 0.2) is 0 Å². The molecule has 0 heterocycles. The summed E-state index contributed by atoms with van der Waals surface area (Å²) in [7, 11) is 1.28. The summed E-state index contributed by atoms with van der Waals surface area (Å²) in [6, 6.07) is 9.30. The quantitative estimate of drug-likeness (QED) is 0.549. The summed E-state index contributed by atoms with van der Waals surface area (Å²) in [5.41, 5.74) is -0.244. The summed E-state index contributed by atoms with van der Waals surface area (Å²) in [4.78, 5) is 24.5. The summed E-state index contributed by atoms with van der Waals surface area (Å²) in [6.07, 6.45) is 1.99. The van der Waals surface area contributed by atoms with Crippen LogP contribution in [-0.2, 0) is 25.7 Å². The molecule has 0 amide bonds. The van der Waals surface area contributed by atoms with Crippen molar-refractivity contribution in [3.05, 3.63) is 35.9 Å². The van der Waals surface area contributed by atoms with E-state index < -0.39 is 29.4 Å². The fourth-order valence-corrected chi connectivity index (χ4v) is 3.44. The van der Waals surface area contributed by atoms with Gasteiger partial charge in [0.2, 0.25) is 0 Å². The van der Waals surface area contributed by atoms with Gasteiger partial charge in [-0.15, -0.1) is 0 Å². The number of carbonyl (C=O) groups is 2. The third-order valence-electron chi connectivity index (χ3n) is 4.77. The SMILES string of the molecule is COC(=O)[C@H]1CC(O)(CCCCO)C[C@H]1C(=O)OCc1ccccc1. The highest BCUT2D eigenvalue weighted by Gasteiger charge is 2.51. The maximum Gasteiger partial charge on any atom is 0.310 e. The lowest BCUT2D eigenvalue weighted by Crippen LogP contribution is -2.27. The van der Waals surface area contributed by atoms with Gasteiger partial charge in [-0.3, -0.25) is 9.59 Å². The van der Waals surface area contributed by atoms with Crippen LogP contribution in [0, 0.1) is 11.8 Å². The molecule has 0 saturated heterocycles. The van der Waals surface area contributed by atoms with Crippen LogP contribution in [0.25, 0.3) is 0 Å². The van der Waals surface area contributed by atoms with Gasteiger partial charge in [-0.05, 0) is 37.7 Å². The van der Waals surface area contributed by atoms with E-state index in [0.717, 1.165) is 5.56 Å². The molecule has 3 atom stereocenters. The Labute approximate surface area is 147 Å². The van der Waals surface area contributed by atoms with Crippen LogP contribution in [0.4, 0.5) is 0 Å². The summed E-state index contributed by atoms with van der Waals surface area (Å²) >= 11 is 0. The third-order valence-corrected chi connectivity index (χ3v) is 4.77. The maximum absolute atomic E-state index is 12.5. The van der Waals surface area contributed by atoms with E-state index in [1.165, 1.54) is 7.11 Å². The van der Waals surface area contributed by atoms with Crippen molar-refractivity contribution in [2.45, 2.75) is 44.3 Å². The number of ether oxygens (including phenoxy) is 2. The van der Waals surface area contributed by atoms with Crippen molar-refractivity contribution in [1.82, 2.24) is 0 Å². The highest BCUT2D eigenvalue weighted by molar-refractivity contribution is 5.83. The van der Waals surface area contributed by atoms with Gasteiger partial charge in [0, 0.05) is 6.61 Å². The molecule has 1 unspecified atom stereocenters. The molecule has 1 aliphatic rings. The largest absolute Gasteiger partial charge is 0.469 e. The van der Waals surface area contributed by atoms with E-state index >= 15 is 0 Å². The van der Waals surface area contributed by atoms with E-state index in [1.54, 1.807) is 0 Å². The zero-order valence-electron chi connectivity index (χ0n) is 14.5. The molecule has 0 spiro atoms. The van der Waals surface area contributed by atoms with Crippen molar-refractivity contribution < 1.29 is 29.3 Å². The van der Waals surface area contributed by atoms with Gasteiger partial charge in [0.25, 0.3) is 0 Å². The predicted octanol–water partition coefficient (Wildman–Crippen LogP) is 1.82. The number of aliphatic hydroxyl groups is 2. The molecule has 0 aromatic heterocycles. The van der Waals surface area contributed by atoms with Crippen molar-refractivity contribution >= 4 is 11.9 Å². The van der Waals surface area contributed by atoms with Gasteiger partial charge in [-0.25, -0.2) is 0 Å². The van der Waals surface area contributed by atoms with Gasteiger partial charge in [0.1, 0.15) is 6.61 Å². The molecule has 0 aliphatic heterocycles. The number of hydrogen-bond donors (Lipinski definition) is 2. The molecule has 2 rings (SSSR count). The first kappa shape index (κ1) is 19.4. The molecule has 6 nitrogen and oxygen atoms in total. The van der Waals surface area contributed by atoms with Gasteiger partial charge in [-0.2, -0.15) is 0 Å². The number of benzene rings is 1. The van der Waals surface area contributed by atoms with Crippen LogP contribution < -0.4 is 0 Å². The minimum Gasteiger partial charge on any atom is -0.469 e. The van der Waals surface area contributed by atoms with Crippen molar-refractivity contribution in [3.63, 3.8) is 0 Å². The van der Waals surface area contributed by atoms with Crippen LogP contribution in [0.3, 0.4) is 0 Å². The lowest BCUT2D eigenvalue weighted by atomic mass is 9.93. The number of esters is 2. The average molecular weight is 350 g/mol. The van der Waals surface area contributed by atoms with Crippen LogP contribution in [0.15, 0.2) is 30.3 Å².